The van der Waals surface area contributed by atoms with E-state index in [0.29, 0.717) is 22.1 Å². The number of ether oxygens (including phenoxy) is 1. The van der Waals surface area contributed by atoms with Crippen LogP contribution in [-0.4, -0.2) is 27.0 Å². The average Bonchev–Trinajstić information content (AvgIpc) is 2.74. The summed E-state index contributed by atoms with van der Waals surface area (Å²) in [6.45, 7) is 3.62. The van der Waals surface area contributed by atoms with Crippen molar-refractivity contribution in [3.8, 4) is 5.75 Å². The lowest BCUT2D eigenvalue weighted by Crippen LogP contribution is -2.48. The van der Waals surface area contributed by atoms with Crippen molar-refractivity contribution in [1.82, 2.24) is 0 Å². The van der Waals surface area contributed by atoms with Gasteiger partial charge in [0.15, 0.2) is 6.10 Å². The SMILES string of the molecule is Cc1ccc(S(=O)(=O)N2C[C@@H](C(=O)Nc3ccc(Cl)cc3)Oc3cc(C)ccc32)cc1. The van der Waals surface area contributed by atoms with Crippen LogP contribution in [0.1, 0.15) is 11.1 Å². The number of amides is 1. The van der Waals surface area contributed by atoms with Gasteiger partial charge in [-0.15, -0.1) is 0 Å². The molecule has 0 aliphatic carbocycles. The van der Waals surface area contributed by atoms with Gasteiger partial charge in [0.25, 0.3) is 15.9 Å². The minimum Gasteiger partial charge on any atom is -0.476 e. The molecule has 0 unspecified atom stereocenters. The number of anilines is 2. The molecule has 0 spiro atoms. The molecule has 0 aromatic heterocycles. The van der Waals surface area contributed by atoms with Crippen LogP contribution in [0.4, 0.5) is 11.4 Å². The lowest BCUT2D eigenvalue weighted by molar-refractivity contribution is -0.122. The van der Waals surface area contributed by atoms with Gasteiger partial charge in [0.1, 0.15) is 5.75 Å². The number of nitrogens with one attached hydrogen (secondary N) is 1. The Bertz CT molecular complexity index is 1230. The third-order valence-electron chi connectivity index (χ3n) is 5.00. The van der Waals surface area contributed by atoms with E-state index in [1.165, 1.54) is 4.31 Å². The summed E-state index contributed by atoms with van der Waals surface area (Å²) >= 11 is 5.89. The van der Waals surface area contributed by atoms with Crippen LogP contribution in [0.25, 0.3) is 0 Å². The molecule has 1 amide bonds. The van der Waals surface area contributed by atoms with E-state index in [1.54, 1.807) is 60.7 Å². The van der Waals surface area contributed by atoms with Gasteiger partial charge in [-0.1, -0.05) is 35.4 Å². The number of nitrogens with zero attached hydrogens (tertiary/aromatic N) is 1. The van der Waals surface area contributed by atoms with Crippen LogP contribution in [0.5, 0.6) is 5.75 Å². The third kappa shape index (κ3) is 4.38. The number of aryl methyl sites for hydroxylation is 2. The molecule has 3 aromatic carbocycles. The number of sulfonamides is 1. The fraction of sp³-hybridized carbons (Fsp3) is 0.174. The first kappa shape index (κ1) is 21.2. The van der Waals surface area contributed by atoms with Crippen LogP contribution in [0.3, 0.4) is 0 Å². The second-order valence-corrected chi connectivity index (χ2v) is 9.72. The van der Waals surface area contributed by atoms with E-state index in [9.17, 15) is 13.2 Å². The summed E-state index contributed by atoms with van der Waals surface area (Å²) in [7, 11) is -3.89. The highest BCUT2D eigenvalue weighted by molar-refractivity contribution is 7.92. The van der Waals surface area contributed by atoms with Crippen molar-refractivity contribution in [2.75, 3.05) is 16.2 Å². The molecule has 160 valence electrons. The van der Waals surface area contributed by atoms with Gasteiger partial charge in [-0.25, -0.2) is 8.42 Å². The van der Waals surface area contributed by atoms with Crippen molar-refractivity contribution < 1.29 is 17.9 Å². The summed E-state index contributed by atoms with van der Waals surface area (Å²) in [5.41, 5.74) is 2.80. The molecule has 4 rings (SSSR count). The molecule has 3 aromatic rings. The molecule has 0 bridgehead atoms. The number of carbonyl (C=O) groups excluding carboxylic acids is 1. The number of fused-ring (bicyclic) bond motifs is 1. The molecular weight excluding hydrogens is 436 g/mol. The number of hydrogen-bond acceptors (Lipinski definition) is 4. The zero-order chi connectivity index (χ0) is 22.2. The Hall–Kier alpha value is -3.03. The van der Waals surface area contributed by atoms with Crippen molar-refractivity contribution in [2.45, 2.75) is 24.8 Å². The highest BCUT2D eigenvalue weighted by atomic mass is 35.5. The number of halogens is 1. The summed E-state index contributed by atoms with van der Waals surface area (Å²) in [5, 5.41) is 3.31. The summed E-state index contributed by atoms with van der Waals surface area (Å²) < 4.78 is 34.0. The number of carbonyl (C=O) groups is 1. The molecular formula is C23H21ClN2O4S. The van der Waals surface area contributed by atoms with Crippen LogP contribution in [0.2, 0.25) is 5.02 Å². The first-order valence-corrected chi connectivity index (χ1v) is 11.5. The van der Waals surface area contributed by atoms with Crippen molar-refractivity contribution >= 4 is 38.9 Å². The van der Waals surface area contributed by atoms with E-state index >= 15 is 0 Å². The second-order valence-electron chi connectivity index (χ2n) is 7.42. The fourth-order valence-corrected chi connectivity index (χ4v) is 4.92. The summed E-state index contributed by atoms with van der Waals surface area (Å²) in [4.78, 5) is 13.1. The largest absolute Gasteiger partial charge is 0.476 e. The van der Waals surface area contributed by atoms with Gasteiger partial charge in [0.2, 0.25) is 0 Å². The summed E-state index contributed by atoms with van der Waals surface area (Å²) in [5.74, 6) is -0.100. The van der Waals surface area contributed by atoms with Gasteiger partial charge >= 0.3 is 0 Å². The van der Waals surface area contributed by atoms with E-state index in [0.717, 1.165) is 11.1 Å². The number of benzene rings is 3. The van der Waals surface area contributed by atoms with E-state index < -0.39 is 22.0 Å². The van der Waals surface area contributed by atoms with Crippen molar-refractivity contribution in [3.05, 3.63) is 82.9 Å². The average molecular weight is 457 g/mol. The maximum absolute atomic E-state index is 13.4. The van der Waals surface area contributed by atoms with E-state index in [-0.39, 0.29) is 11.4 Å². The lowest BCUT2D eigenvalue weighted by atomic mass is 10.1. The van der Waals surface area contributed by atoms with Crippen LogP contribution < -0.4 is 14.4 Å². The summed E-state index contributed by atoms with van der Waals surface area (Å²) in [6, 6.07) is 18.5. The molecule has 1 atom stereocenters. The molecule has 6 nitrogen and oxygen atoms in total. The monoisotopic (exact) mass is 456 g/mol. The Morgan fingerprint density at radius 3 is 2.32 bits per heavy atom. The van der Waals surface area contributed by atoms with Gasteiger partial charge in [0, 0.05) is 10.7 Å². The minimum absolute atomic E-state index is 0.147. The highest BCUT2D eigenvalue weighted by Crippen LogP contribution is 2.38. The van der Waals surface area contributed by atoms with Crippen molar-refractivity contribution in [1.29, 1.82) is 0 Å². The van der Waals surface area contributed by atoms with Gasteiger partial charge < -0.3 is 10.1 Å². The Kier molecular flexibility index (Phi) is 5.64. The molecule has 0 saturated carbocycles. The number of rotatable bonds is 4. The molecule has 1 aliphatic rings. The first-order chi connectivity index (χ1) is 14.7. The van der Waals surface area contributed by atoms with Crippen LogP contribution in [-0.2, 0) is 14.8 Å². The smallest absolute Gasteiger partial charge is 0.267 e. The van der Waals surface area contributed by atoms with E-state index in [1.807, 2.05) is 19.9 Å². The Morgan fingerprint density at radius 2 is 1.65 bits per heavy atom. The Balaban J connectivity index is 1.69. The molecule has 0 radical (unpaired) electrons. The molecule has 1 aliphatic heterocycles. The topological polar surface area (TPSA) is 75.7 Å². The van der Waals surface area contributed by atoms with Crippen LogP contribution >= 0.6 is 11.6 Å². The third-order valence-corrected chi connectivity index (χ3v) is 7.04. The zero-order valence-electron chi connectivity index (χ0n) is 17.0. The Labute approximate surface area is 186 Å². The van der Waals surface area contributed by atoms with Crippen molar-refractivity contribution in [3.63, 3.8) is 0 Å². The maximum atomic E-state index is 13.4. The fourth-order valence-electron chi connectivity index (χ4n) is 3.32. The van der Waals surface area contributed by atoms with Gasteiger partial charge in [-0.05, 0) is 67.9 Å². The van der Waals surface area contributed by atoms with E-state index in [2.05, 4.69) is 5.32 Å². The maximum Gasteiger partial charge on any atom is 0.267 e. The molecule has 1 N–H and O–H groups in total. The Morgan fingerprint density at radius 1 is 1.00 bits per heavy atom. The predicted octanol–water partition coefficient (Wildman–Crippen LogP) is 4.55. The molecule has 31 heavy (non-hydrogen) atoms. The lowest BCUT2D eigenvalue weighted by Gasteiger charge is -2.35. The first-order valence-electron chi connectivity index (χ1n) is 9.67. The number of hydrogen-bond donors (Lipinski definition) is 1. The van der Waals surface area contributed by atoms with Crippen LogP contribution in [0, 0.1) is 13.8 Å². The standard InChI is InChI=1S/C23H21ClN2O4S/c1-15-3-10-19(11-4-15)31(28,29)26-14-22(30-21-13-16(2)5-12-20(21)26)23(27)25-18-8-6-17(24)7-9-18/h3-13,22H,14H2,1-2H3,(H,25,27)/t22-/m0/s1. The van der Waals surface area contributed by atoms with Crippen molar-refractivity contribution in [2.24, 2.45) is 0 Å². The minimum atomic E-state index is -3.89. The van der Waals surface area contributed by atoms with Gasteiger partial charge in [-0.3, -0.25) is 9.10 Å². The summed E-state index contributed by atoms with van der Waals surface area (Å²) in [6.07, 6.45) is -1.02. The van der Waals surface area contributed by atoms with Gasteiger partial charge in [0.05, 0.1) is 17.1 Å². The normalized spacial score (nSPS) is 15.7. The second kappa shape index (κ2) is 8.24. The quantitative estimate of drug-likeness (QED) is 0.624. The molecule has 8 heteroatoms. The van der Waals surface area contributed by atoms with Gasteiger partial charge in [-0.2, -0.15) is 0 Å². The van der Waals surface area contributed by atoms with E-state index in [4.69, 9.17) is 16.3 Å². The predicted molar refractivity (Wildman–Crippen MR) is 121 cm³/mol. The molecule has 0 fully saturated rings. The van der Waals surface area contributed by atoms with Crippen LogP contribution in [0.15, 0.2) is 71.6 Å². The molecule has 1 heterocycles. The zero-order valence-corrected chi connectivity index (χ0v) is 18.6. The highest BCUT2D eigenvalue weighted by Gasteiger charge is 2.37. The molecule has 0 saturated heterocycles.